The van der Waals surface area contributed by atoms with Crippen molar-refractivity contribution in [2.45, 2.75) is 18.5 Å². The Morgan fingerprint density at radius 1 is 1.47 bits per heavy atom. The van der Waals surface area contributed by atoms with Gasteiger partial charge in [0.25, 0.3) is 0 Å². The van der Waals surface area contributed by atoms with Crippen LogP contribution in [0.25, 0.3) is 0 Å². The van der Waals surface area contributed by atoms with Gasteiger partial charge in [0, 0.05) is 16.6 Å². The first kappa shape index (κ1) is 12.4. The van der Waals surface area contributed by atoms with E-state index in [0.717, 1.165) is 21.4 Å². The fourth-order valence-corrected chi connectivity index (χ4v) is 2.80. The molecule has 5 nitrogen and oxygen atoms in total. The van der Waals surface area contributed by atoms with Gasteiger partial charge in [0.05, 0.1) is 18.1 Å². The van der Waals surface area contributed by atoms with Gasteiger partial charge in [-0.05, 0) is 17.7 Å². The predicted molar refractivity (Wildman–Crippen MR) is 72.8 cm³/mol. The predicted octanol–water partition coefficient (Wildman–Crippen LogP) is 1.86. The molecule has 3 N–H and O–H groups in total. The Hall–Kier alpha value is -1.66. The van der Waals surface area contributed by atoms with Gasteiger partial charge in [0.2, 0.25) is 0 Å². The highest BCUT2D eigenvalue weighted by atomic mass is 79.9. The van der Waals surface area contributed by atoms with Gasteiger partial charge in [-0.25, -0.2) is 4.98 Å². The Labute approximate surface area is 118 Å². The highest BCUT2D eigenvalue weighted by molar-refractivity contribution is 9.10. The van der Waals surface area contributed by atoms with Crippen LogP contribution in [0.1, 0.15) is 23.0 Å². The highest BCUT2D eigenvalue weighted by Gasteiger charge is 2.33. The second-order valence-electron chi connectivity index (χ2n) is 4.52. The maximum absolute atomic E-state index is 11.2. The van der Waals surface area contributed by atoms with Crippen LogP contribution in [0.5, 0.6) is 0 Å². The Bertz CT molecular complexity index is 626. The summed E-state index contributed by atoms with van der Waals surface area (Å²) in [6.07, 6.45) is 2.04. The first-order valence-corrected chi connectivity index (χ1v) is 6.71. The number of aliphatic carboxylic acids is 1. The number of carboxylic acids is 1. The summed E-state index contributed by atoms with van der Waals surface area (Å²) in [5.74, 6) is -0.847. The number of halogens is 1. The van der Waals surface area contributed by atoms with E-state index in [1.54, 1.807) is 6.33 Å². The molecule has 1 aromatic heterocycles. The number of benzene rings is 1. The molecule has 6 heteroatoms. The molecule has 0 bridgehead atoms. The quantitative estimate of drug-likeness (QED) is 0.789. The minimum absolute atomic E-state index is 0.200. The van der Waals surface area contributed by atoms with Crippen LogP contribution in [0.4, 0.5) is 0 Å². The smallest absolute Gasteiger partial charge is 0.321 e. The summed E-state index contributed by atoms with van der Waals surface area (Å²) in [6, 6.07) is 7.00. The van der Waals surface area contributed by atoms with Gasteiger partial charge < -0.3 is 10.1 Å². The van der Waals surface area contributed by atoms with Crippen molar-refractivity contribution in [3.63, 3.8) is 0 Å². The maximum atomic E-state index is 11.2. The average Bonchev–Trinajstić information content (AvgIpc) is 2.85. The van der Waals surface area contributed by atoms with Crippen LogP contribution >= 0.6 is 15.9 Å². The van der Waals surface area contributed by atoms with Crippen molar-refractivity contribution in [3.8, 4) is 0 Å². The van der Waals surface area contributed by atoms with Gasteiger partial charge in [-0.3, -0.25) is 10.1 Å². The number of H-pyrrole nitrogens is 1. The van der Waals surface area contributed by atoms with Crippen LogP contribution < -0.4 is 5.32 Å². The highest BCUT2D eigenvalue weighted by Crippen LogP contribution is 2.29. The lowest BCUT2D eigenvalue weighted by Gasteiger charge is -2.28. The van der Waals surface area contributed by atoms with Gasteiger partial charge in [-0.1, -0.05) is 28.1 Å². The number of carboxylic acid groups (broad SMARTS) is 1. The van der Waals surface area contributed by atoms with Gasteiger partial charge >= 0.3 is 5.97 Å². The molecule has 3 rings (SSSR count). The van der Waals surface area contributed by atoms with Gasteiger partial charge in [-0.2, -0.15) is 0 Å². The molecule has 0 aliphatic carbocycles. The second-order valence-corrected chi connectivity index (χ2v) is 5.43. The third-order valence-corrected chi connectivity index (χ3v) is 3.77. The third kappa shape index (κ3) is 2.29. The van der Waals surface area contributed by atoms with Crippen molar-refractivity contribution >= 4 is 21.9 Å². The summed E-state index contributed by atoms with van der Waals surface area (Å²) in [5, 5.41) is 12.4. The first-order valence-electron chi connectivity index (χ1n) is 5.91. The lowest BCUT2D eigenvalue weighted by atomic mass is 9.94. The summed E-state index contributed by atoms with van der Waals surface area (Å²) in [6.45, 7) is 0. The monoisotopic (exact) mass is 321 g/mol. The summed E-state index contributed by atoms with van der Waals surface area (Å²) < 4.78 is 0.960. The number of aromatic nitrogens is 2. The van der Waals surface area contributed by atoms with Crippen LogP contribution in [0.2, 0.25) is 0 Å². The van der Waals surface area contributed by atoms with Gasteiger partial charge in [0.1, 0.15) is 6.04 Å². The van der Waals surface area contributed by atoms with Crippen molar-refractivity contribution in [1.82, 2.24) is 15.3 Å². The molecule has 2 atom stereocenters. The Morgan fingerprint density at radius 2 is 2.32 bits per heavy atom. The number of aromatic amines is 1. The van der Waals surface area contributed by atoms with E-state index in [2.05, 4.69) is 31.2 Å². The average molecular weight is 322 g/mol. The zero-order valence-corrected chi connectivity index (χ0v) is 11.5. The summed E-state index contributed by atoms with van der Waals surface area (Å²) in [4.78, 5) is 18.6. The van der Waals surface area contributed by atoms with Crippen molar-refractivity contribution in [2.24, 2.45) is 0 Å². The van der Waals surface area contributed by atoms with Crippen LogP contribution in [0.15, 0.2) is 35.1 Å². The SMILES string of the molecule is O=C(O)C1Cc2[nH]cnc2C(c2cccc(Br)c2)N1. The van der Waals surface area contributed by atoms with E-state index in [4.69, 9.17) is 0 Å². The van der Waals surface area contributed by atoms with E-state index in [0.29, 0.717) is 6.42 Å². The van der Waals surface area contributed by atoms with Gasteiger partial charge in [-0.15, -0.1) is 0 Å². The number of hydrogen-bond donors (Lipinski definition) is 3. The maximum Gasteiger partial charge on any atom is 0.321 e. The number of rotatable bonds is 2. The number of nitrogens with zero attached hydrogens (tertiary/aromatic N) is 1. The molecule has 0 radical (unpaired) electrons. The molecule has 1 aliphatic rings. The molecule has 2 aromatic rings. The molecule has 98 valence electrons. The number of nitrogens with one attached hydrogen (secondary N) is 2. The van der Waals surface area contributed by atoms with Crippen LogP contribution in [-0.4, -0.2) is 27.1 Å². The van der Waals surface area contributed by atoms with E-state index in [9.17, 15) is 9.90 Å². The molecule has 0 saturated carbocycles. The van der Waals surface area contributed by atoms with Crippen LogP contribution in [-0.2, 0) is 11.2 Å². The normalized spacial score (nSPS) is 21.9. The Kier molecular flexibility index (Phi) is 3.12. The largest absolute Gasteiger partial charge is 0.480 e. The standard InChI is InChI=1S/C13H12BrN3O2/c14-8-3-1-2-7(4-8)11-12-9(15-6-16-12)5-10(17-11)13(18)19/h1-4,6,10-11,17H,5H2,(H,15,16)(H,18,19). The first-order chi connectivity index (χ1) is 9.15. The minimum Gasteiger partial charge on any atom is -0.480 e. The molecular weight excluding hydrogens is 310 g/mol. The number of imidazole rings is 1. The molecule has 0 amide bonds. The molecule has 0 fully saturated rings. The number of hydrogen-bond acceptors (Lipinski definition) is 3. The number of carbonyl (C=O) groups is 1. The molecule has 2 unspecified atom stereocenters. The number of fused-ring (bicyclic) bond motifs is 1. The molecular formula is C13H12BrN3O2. The molecule has 1 aliphatic heterocycles. The lowest BCUT2D eigenvalue weighted by molar-refractivity contribution is -0.139. The molecule has 1 aromatic carbocycles. The Morgan fingerprint density at radius 3 is 3.05 bits per heavy atom. The van der Waals surface area contributed by atoms with Crippen molar-refractivity contribution < 1.29 is 9.90 Å². The van der Waals surface area contributed by atoms with Crippen molar-refractivity contribution in [1.29, 1.82) is 0 Å². The summed E-state index contributed by atoms with van der Waals surface area (Å²) >= 11 is 3.43. The van der Waals surface area contributed by atoms with Crippen molar-refractivity contribution in [3.05, 3.63) is 52.0 Å². The summed E-state index contributed by atoms with van der Waals surface area (Å²) in [5.41, 5.74) is 2.75. The molecule has 0 saturated heterocycles. The van der Waals surface area contributed by atoms with Crippen LogP contribution in [0.3, 0.4) is 0 Å². The lowest BCUT2D eigenvalue weighted by Crippen LogP contribution is -2.45. The van der Waals surface area contributed by atoms with Crippen LogP contribution in [0, 0.1) is 0 Å². The third-order valence-electron chi connectivity index (χ3n) is 3.28. The van der Waals surface area contributed by atoms with E-state index < -0.39 is 12.0 Å². The molecule has 0 spiro atoms. The summed E-state index contributed by atoms with van der Waals surface area (Å²) in [7, 11) is 0. The Balaban J connectivity index is 2.03. The molecule has 19 heavy (non-hydrogen) atoms. The van der Waals surface area contributed by atoms with E-state index in [1.807, 2.05) is 24.3 Å². The fraction of sp³-hybridized carbons (Fsp3) is 0.231. The van der Waals surface area contributed by atoms with E-state index in [1.165, 1.54) is 0 Å². The van der Waals surface area contributed by atoms with E-state index >= 15 is 0 Å². The fourth-order valence-electron chi connectivity index (χ4n) is 2.39. The minimum atomic E-state index is -0.847. The van der Waals surface area contributed by atoms with Gasteiger partial charge in [0.15, 0.2) is 0 Å². The van der Waals surface area contributed by atoms with Crippen molar-refractivity contribution in [2.75, 3.05) is 0 Å². The second kappa shape index (κ2) is 4.79. The topological polar surface area (TPSA) is 78.0 Å². The molecule has 2 heterocycles. The zero-order chi connectivity index (χ0) is 13.4. The van der Waals surface area contributed by atoms with E-state index in [-0.39, 0.29) is 6.04 Å². The zero-order valence-electron chi connectivity index (χ0n) is 9.93.